The van der Waals surface area contributed by atoms with E-state index in [2.05, 4.69) is 10.2 Å². The van der Waals surface area contributed by atoms with Crippen LogP contribution in [-0.2, 0) is 6.54 Å². The summed E-state index contributed by atoms with van der Waals surface area (Å²) in [5, 5.41) is 7.28. The standard InChI is InChI=1S/C5H7N3S/c1-2-8-4-7-6-3-5(8)9/h3-4H,2H2,1H3. The van der Waals surface area contributed by atoms with Crippen LogP contribution in [0.15, 0.2) is 12.5 Å². The molecule has 0 N–H and O–H groups in total. The molecule has 9 heavy (non-hydrogen) atoms. The first kappa shape index (κ1) is 6.35. The summed E-state index contributed by atoms with van der Waals surface area (Å²) in [7, 11) is 0. The number of aryl methyl sites for hydroxylation is 1. The first-order valence-corrected chi connectivity index (χ1v) is 3.12. The molecular formula is C5H7N3S. The zero-order chi connectivity index (χ0) is 6.69. The molecule has 3 nitrogen and oxygen atoms in total. The van der Waals surface area contributed by atoms with Gasteiger partial charge in [0.2, 0.25) is 0 Å². The van der Waals surface area contributed by atoms with E-state index < -0.39 is 0 Å². The maximum absolute atomic E-state index is 4.91. The zero-order valence-electron chi connectivity index (χ0n) is 5.11. The number of hydrogen-bond acceptors (Lipinski definition) is 3. The van der Waals surface area contributed by atoms with Gasteiger partial charge in [-0.15, -0.1) is 5.10 Å². The third-order valence-corrected chi connectivity index (χ3v) is 1.39. The van der Waals surface area contributed by atoms with Crippen LogP contribution in [0.5, 0.6) is 0 Å². The summed E-state index contributed by atoms with van der Waals surface area (Å²) in [6.45, 7) is 2.87. The van der Waals surface area contributed by atoms with E-state index in [4.69, 9.17) is 12.2 Å². The molecule has 0 bridgehead atoms. The molecule has 1 rings (SSSR count). The highest BCUT2D eigenvalue weighted by Crippen LogP contribution is 1.85. The minimum Gasteiger partial charge on any atom is -0.321 e. The lowest BCUT2D eigenvalue weighted by Gasteiger charge is -1.96. The fourth-order valence-electron chi connectivity index (χ4n) is 0.543. The van der Waals surface area contributed by atoms with E-state index in [0.717, 1.165) is 11.2 Å². The Kier molecular flexibility index (Phi) is 1.89. The van der Waals surface area contributed by atoms with Crippen molar-refractivity contribution in [2.45, 2.75) is 13.5 Å². The molecule has 0 saturated carbocycles. The van der Waals surface area contributed by atoms with Gasteiger partial charge in [-0.05, 0) is 6.92 Å². The van der Waals surface area contributed by atoms with Crippen molar-refractivity contribution in [3.63, 3.8) is 0 Å². The van der Waals surface area contributed by atoms with Gasteiger partial charge < -0.3 is 4.57 Å². The fraction of sp³-hybridized carbons (Fsp3) is 0.400. The minimum absolute atomic E-state index is 0.729. The maximum atomic E-state index is 4.91. The van der Waals surface area contributed by atoms with Crippen LogP contribution >= 0.6 is 12.2 Å². The van der Waals surface area contributed by atoms with E-state index in [1.165, 1.54) is 0 Å². The number of hydrogen-bond donors (Lipinski definition) is 0. The quantitative estimate of drug-likeness (QED) is 0.547. The highest BCUT2D eigenvalue weighted by atomic mass is 32.1. The lowest BCUT2D eigenvalue weighted by Crippen LogP contribution is -1.98. The third kappa shape index (κ3) is 1.32. The molecule has 0 spiro atoms. The fourth-order valence-corrected chi connectivity index (χ4v) is 0.767. The largest absolute Gasteiger partial charge is 0.321 e. The third-order valence-electron chi connectivity index (χ3n) is 1.05. The van der Waals surface area contributed by atoms with Crippen LogP contribution in [-0.4, -0.2) is 14.8 Å². The molecule has 0 fully saturated rings. The molecule has 0 aliphatic rings. The van der Waals surface area contributed by atoms with Gasteiger partial charge in [0.25, 0.3) is 0 Å². The van der Waals surface area contributed by atoms with E-state index >= 15 is 0 Å². The molecule has 0 atom stereocenters. The minimum atomic E-state index is 0.729. The van der Waals surface area contributed by atoms with Gasteiger partial charge in [-0.1, -0.05) is 12.2 Å². The molecule has 1 aromatic heterocycles. The molecular weight excluding hydrogens is 134 g/mol. The van der Waals surface area contributed by atoms with Gasteiger partial charge in [0.15, 0.2) is 0 Å². The first-order valence-electron chi connectivity index (χ1n) is 2.71. The first-order chi connectivity index (χ1) is 4.34. The van der Waals surface area contributed by atoms with Crippen molar-refractivity contribution in [3.05, 3.63) is 17.2 Å². The Hall–Kier alpha value is -0.770. The van der Waals surface area contributed by atoms with Crippen LogP contribution in [0.3, 0.4) is 0 Å². The Balaban J connectivity index is 3.16. The van der Waals surface area contributed by atoms with Crippen LogP contribution in [0.1, 0.15) is 6.92 Å². The smallest absolute Gasteiger partial charge is 0.127 e. The van der Waals surface area contributed by atoms with E-state index in [0.29, 0.717) is 0 Å². The zero-order valence-corrected chi connectivity index (χ0v) is 5.93. The average molecular weight is 141 g/mol. The van der Waals surface area contributed by atoms with Gasteiger partial charge in [0, 0.05) is 6.54 Å². The molecule has 48 valence electrons. The Morgan fingerprint density at radius 3 is 2.89 bits per heavy atom. The van der Waals surface area contributed by atoms with Crippen LogP contribution < -0.4 is 0 Å². The highest BCUT2D eigenvalue weighted by molar-refractivity contribution is 7.71. The molecule has 1 aromatic rings. The molecule has 0 aliphatic heterocycles. The van der Waals surface area contributed by atoms with Crippen LogP contribution in [0.2, 0.25) is 0 Å². The van der Waals surface area contributed by atoms with Crippen molar-refractivity contribution in [2.75, 3.05) is 0 Å². The normalized spacial score (nSPS) is 9.44. The molecule has 1 heterocycles. The SMILES string of the molecule is CCn1cnncc1=S. The predicted molar refractivity (Wildman–Crippen MR) is 36.5 cm³/mol. The van der Waals surface area contributed by atoms with E-state index in [9.17, 15) is 0 Å². The molecule has 0 radical (unpaired) electrons. The monoisotopic (exact) mass is 141 g/mol. The van der Waals surface area contributed by atoms with Crippen molar-refractivity contribution in [1.29, 1.82) is 0 Å². The summed E-state index contributed by atoms with van der Waals surface area (Å²) in [4.78, 5) is 0. The summed E-state index contributed by atoms with van der Waals surface area (Å²) in [6, 6.07) is 0. The van der Waals surface area contributed by atoms with E-state index in [1.54, 1.807) is 12.5 Å². The van der Waals surface area contributed by atoms with Gasteiger partial charge in [-0.2, -0.15) is 5.10 Å². The van der Waals surface area contributed by atoms with Crippen molar-refractivity contribution >= 4 is 12.2 Å². The molecule has 4 heteroatoms. The van der Waals surface area contributed by atoms with Crippen LogP contribution in [0.25, 0.3) is 0 Å². The van der Waals surface area contributed by atoms with Crippen LogP contribution in [0, 0.1) is 4.64 Å². The number of nitrogens with zero attached hydrogens (tertiary/aromatic N) is 3. The van der Waals surface area contributed by atoms with Gasteiger partial charge in [0.05, 0.1) is 6.20 Å². The summed E-state index contributed by atoms with van der Waals surface area (Å²) in [5.41, 5.74) is 0. The lowest BCUT2D eigenvalue weighted by molar-refractivity contribution is 0.698. The van der Waals surface area contributed by atoms with Gasteiger partial charge in [-0.25, -0.2) is 0 Å². The van der Waals surface area contributed by atoms with Gasteiger partial charge in [0.1, 0.15) is 11.0 Å². The molecule has 0 unspecified atom stereocenters. The van der Waals surface area contributed by atoms with Crippen molar-refractivity contribution < 1.29 is 0 Å². The Bertz CT molecular complexity index is 242. The van der Waals surface area contributed by atoms with Crippen molar-refractivity contribution in [1.82, 2.24) is 14.8 Å². The maximum Gasteiger partial charge on any atom is 0.127 e. The number of aromatic nitrogens is 3. The molecule has 0 aromatic carbocycles. The predicted octanol–water partition coefficient (Wildman–Crippen LogP) is 1.03. The van der Waals surface area contributed by atoms with Gasteiger partial charge >= 0.3 is 0 Å². The van der Waals surface area contributed by atoms with E-state index in [1.807, 2.05) is 11.5 Å². The highest BCUT2D eigenvalue weighted by Gasteiger charge is 1.83. The van der Waals surface area contributed by atoms with Crippen molar-refractivity contribution in [3.8, 4) is 0 Å². The summed E-state index contributed by atoms with van der Waals surface area (Å²) >= 11 is 4.91. The second-order valence-corrected chi connectivity index (χ2v) is 2.02. The molecule has 0 amide bonds. The second-order valence-electron chi connectivity index (χ2n) is 1.60. The van der Waals surface area contributed by atoms with E-state index in [-0.39, 0.29) is 0 Å². The van der Waals surface area contributed by atoms with Gasteiger partial charge in [-0.3, -0.25) is 0 Å². The second kappa shape index (κ2) is 2.68. The summed E-state index contributed by atoms with van der Waals surface area (Å²) in [5.74, 6) is 0. The molecule has 0 saturated heterocycles. The summed E-state index contributed by atoms with van der Waals surface area (Å²) in [6.07, 6.45) is 3.20. The lowest BCUT2D eigenvalue weighted by atomic mass is 10.7. The Morgan fingerprint density at radius 1 is 1.67 bits per heavy atom. The Labute approximate surface area is 58.4 Å². The van der Waals surface area contributed by atoms with Crippen molar-refractivity contribution in [2.24, 2.45) is 0 Å². The number of rotatable bonds is 1. The average Bonchev–Trinajstić information content (AvgIpc) is 1.89. The van der Waals surface area contributed by atoms with Crippen LogP contribution in [0.4, 0.5) is 0 Å². The Morgan fingerprint density at radius 2 is 2.44 bits per heavy atom. The topological polar surface area (TPSA) is 30.7 Å². The molecule has 0 aliphatic carbocycles. The summed E-state index contributed by atoms with van der Waals surface area (Å²) < 4.78 is 2.58.